The summed E-state index contributed by atoms with van der Waals surface area (Å²) in [7, 11) is 0. The fourth-order valence-electron chi connectivity index (χ4n) is 2.17. The molecule has 0 spiro atoms. The number of rotatable bonds is 5. The smallest absolute Gasteiger partial charge is 0.112 e. The maximum Gasteiger partial charge on any atom is 0.112 e. The third kappa shape index (κ3) is 3.19. The van der Waals surface area contributed by atoms with E-state index in [4.69, 9.17) is 16.6 Å². The number of aromatic nitrogens is 2. The molecule has 1 heterocycles. The minimum Gasteiger partial charge on any atom is -0.330 e. The zero-order valence-corrected chi connectivity index (χ0v) is 12.6. The van der Waals surface area contributed by atoms with Gasteiger partial charge in [0.15, 0.2) is 0 Å². The highest BCUT2D eigenvalue weighted by Crippen LogP contribution is 2.22. The van der Waals surface area contributed by atoms with E-state index < -0.39 is 0 Å². The lowest BCUT2D eigenvalue weighted by atomic mass is 10.1. The summed E-state index contributed by atoms with van der Waals surface area (Å²) >= 11 is 6.25. The van der Waals surface area contributed by atoms with Gasteiger partial charge in [-0.15, -0.1) is 0 Å². The molecule has 0 bridgehead atoms. The maximum atomic E-state index is 6.25. The van der Waals surface area contributed by atoms with Crippen molar-refractivity contribution in [3.63, 3.8) is 0 Å². The predicted octanol–water partition coefficient (Wildman–Crippen LogP) is 4.66. The Morgan fingerprint density at radius 2 is 2.00 bits per heavy atom. The molecule has 0 saturated heterocycles. The summed E-state index contributed by atoms with van der Waals surface area (Å²) in [6, 6.07) is 8.01. The van der Waals surface area contributed by atoms with Gasteiger partial charge in [0.05, 0.1) is 12.2 Å². The van der Waals surface area contributed by atoms with Crippen LogP contribution in [0.4, 0.5) is 0 Å². The molecule has 1 atom stereocenters. The molecule has 19 heavy (non-hydrogen) atoms. The van der Waals surface area contributed by atoms with Crippen molar-refractivity contribution in [1.82, 2.24) is 9.55 Å². The summed E-state index contributed by atoms with van der Waals surface area (Å²) in [5, 5.41) is 0.823. The van der Waals surface area contributed by atoms with Gasteiger partial charge < -0.3 is 4.57 Å². The first kappa shape index (κ1) is 14.1. The van der Waals surface area contributed by atoms with Crippen LogP contribution in [0, 0.1) is 0 Å². The maximum absolute atomic E-state index is 6.25. The second-order valence-electron chi connectivity index (χ2n) is 4.97. The fourth-order valence-corrected chi connectivity index (χ4v) is 2.36. The lowest BCUT2D eigenvalue weighted by Crippen LogP contribution is -2.07. The number of benzene rings is 1. The molecule has 2 rings (SSSR count). The predicted molar refractivity (Wildman–Crippen MR) is 80.9 cm³/mol. The Hall–Kier alpha value is -1.28. The first-order valence-electron chi connectivity index (χ1n) is 6.95. The van der Waals surface area contributed by atoms with E-state index in [1.54, 1.807) is 0 Å². The Balaban J connectivity index is 2.33. The average molecular weight is 277 g/mol. The van der Waals surface area contributed by atoms with Crippen molar-refractivity contribution in [2.45, 2.75) is 46.1 Å². The summed E-state index contributed by atoms with van der Waals surface area (Å²) in [6.07, 6.45) is 4.23. The molecule has 0 N–H and O–H groups in total. The standard InChI is InChI=1S/C16H21ClN2/c1-4-12(3)16-18-14(5-2)11-19(16)10-13-8-6-7-9-15(13)17/h6-9,11-12H,4-5,10H2,1-3H3. The monoisotopic (exact) mass is 276 g/mol. The van der Waals surface area contributed by atoms with Crippen LogP contribution >= 0.6 is 11.6 Å². The second-order valence-corrected chi connectivity index (χ2v) is 5.38. The van der Waals surface area contributed by atoms with Crippen molar-refractivity contribution in [2.24, 2.45) is 0 Å². The highest BCUT2D eigenvalue weighted by molar-refractivity contribution is 6.31. The quantitative estimate of drug-likeness (QED) is 0.776. The van der Waals surface area contributed by atoms with E-state index in [0.717, 1.165) is 35.7 Å². The summed E-state index contributed by atoms with van der Waals surface area (Å²) in [6.45, 7) is 7.37. The lowest BCUT2D eigenvalue weighted by molar-refractivity contribution is 0.618. The molecule has 0 amide bonds. The van der Waals surface area contributed by atoms with Gasteiger partial charge in [0, 0.05) is 17.1 Å². The number of halogens is 1. The summed E-state index contributed by atoms with van der Waals surface area (Å²) < 4.78 is 2.24. The second kappa shape index (κ2) is 6.25. The van der Waals surface area contributed by atoms with Crippen LogP contribution in [0.3, 0.4) is 0 Å². The van der Waals surface area contributed by atoms with Crippen LogP contribution in [0.2, 0.25) is 5.02 Å². The van der Waals surface area contributed by atoms with E-state index in [1.807, 2.05) is 18.2 Å². The van der Waals surface area contributed by atoms with Crippen molar-refractivity contribution in [3.05, 3.63) is 52.6 Å². The molecule has 0 aliphatic heterocycles. The molecule has 0 saturated carbocycles. The Bertz CT molecular complexity index is 545. The van der Waals surface area contributed by atoms with Crippen molar-refractivity contribution < 1.29 is 0 Å². The van der Waals surface area contributed by atoms with E-state index in [1.165, 1.54) is 5.82 Å². The van der Waals surface area contributed by atoms with Gasteiger partial charge in [-0.2, -0.15) is 0 Å². The number of hydrogen-bond acceptors (Lipinski definition) is 1. The Labute approximate surface area is 120 Å². The van der Waals surface area contributed by atoms with Crippen molar-refractivity contribution in [3.8, 4) is 0 Å². The van der Waals surface area contributed by atoms with E-state index in [-0.39, 0.29) is 0 Å². The Morgan fingerprint density at radius 3 is 2.63 bits per heavy atom. The van der Waals surface area contributed by atoms with Gasteiger partial charge in [-0.3, -0.25) is 0 Å². The van der Waals surface area contributed by atoms with E-state index in [9.17, 15) is 0 Å². The van der Waals surface area contributed by atoms with Crippen LogP contribution in [0.5, 0.6) is 0 Å². The summed E-state index contributed by atoms with van der Waals surface area (Å²) in [5.41, 5.74) is 2.30. The molecule has 0 radical (unpaired) electrons. The van der Waals surface area contributed by atoms with Crippen molar-refractivity contribution in [2.75, 3.05) is 0 Å². The SMILES string of the molecule is CCc1cn(Cc2ccccc2Cl)c(C(C)CC)n1. The molecule has 3 heteroatoms. The first-order chi connectivity index (χ1) is 9.15. The molecule has 2 aromatic rings. The van der Waals surface area contributed by atoms with E-state index in [0.29, 0.717) is 5.92 Å². The molecular formula is C16H21ClN2. The van der Waals surface area contributed by atoms with Gasteiger partial charge in [0.1, 0.15) is 5.82 Å². The van der Waals surface area contributed by atoms with Crippen LogP contribution < -0.4 is 0 Å². The lowest BCUT2D eigenvalue weighted by Gasteiger charge is -2.13. The van der Waals surface area contributed by atoms with Gasteiger partial charge in [-0.05, 0) is 24.5 Å². The van der Waals surface area contributed by atoms with Crippen molar-refractivity contribution in [1.29, 1.82) is 0 Å². The summed E-state index contributed by atoms with van der Waals surface area (Å²) in [5.74, 6) is 1.64. The number of nitrogens with zero attached hydrogens (tertiary/aromatic N) is 2. The molecule has 0 aliphatic rings. The Kier molecular flexibility index (Phi) is 4.65. The van der Waals surface area contributed by atoms with Crippen LogP contribution in [0.25, 0.3) is 0 Å². The third-order valence-electron chi connectivity index (χ3n) is 3.57. The average Bonchev–Trinajstić information content (AvgIpc) is 2.83. The normalized spacial score (nSPS) is 12.6. The van der Waals surface area contributed by atoms with Gasteiger partial charge >= 0.3 is 0 Å². The van der Waals surface area contributed by atoms with E-state index in [2.05, 4.69) is 37.6 Å². The molecule has 1 aromatic carbocycles. The van der Waals surface area contributed by atoms with Gasteiger partial charge in [0.2, 0.25) is 0 Å². The molecule has 1 unspecified atom stereocenters. The highest BCUT2D eigenvalue weighted by atomic mass is 35.5. The van der Waals surface area contributed by atoms with Gasteiger partial charge in [-0.1, -0.05) is 50.6 Å². The molecule has 2 nitrogen and oxygen atoms in total. The number of imidazole rings is 1. The molecular weight excluding hydrogens is 256 g/mol. The first-order valence-corrected chi connectivity index (χ1v) is 7.32. The zero-order chi connectivity index (χ0) is 13.8. The van der Waals surface area contributed by atoms with Crippen molar-refractivity contribution >= 4 is 11.6 Å². The molecule has 1 aromatic heterocycles. The van der Waals surface area contributed by atoms with Gasteiger partial charge in [0.25, 0.3) is 0 Å². The third-order valence-corrected chi connectivity index (χ3v) is 3.94. The number of hydrogen-bond donors (Lipinski definition) is 0. The largest absolute Gasteiger partial charge is 0.330 e. The van der Waals surface area contributed by atoms with Crippen LogP contribution in [-0.4, -0.2) is 9.55 Å². The number of aryl methyl sites for hydroxylation is 1. The Morgan fingerprint density at radius 1 is 1.26 bits per heavy atom. The highest BCUT2D eigenvalue weighted by Gasteiger charge is 2.13. The zero-order valence-electron chi connectivity index (χ0n) is 11.9. The van der Waals surface area contributed by atoms with Crippen LogP contribution in [0.15, 0.2) is 30.5 Å². The minimum atomic E-state index is 0.475. The fraction of sp³-hybridized carbons (Fsp3) is 0.438. The van der Waals surface area contributed by atoms with E-state index >= 15 is 0 Å². The molecule has 0 aliphatic carbocycles. The topological polar surface area (TPSA) is 17.8 Å². The molecule has 0 fully saturated rings. The summed E-state index contributed by atoms with van der Waals surface area (Å²) in [4.78, 5) is 4.75. The molecule has 102 valence electrons. The van der Waals surface area contributed by atoms with Crippen LogP contribution in [-0.2, 0) is 13.0 Å². The van der Waals surface area contributed by atoms with Crippen LogP contribution in [0.1, 0.15) is 50.2 Å². The van der Waals surface area contributed by atoms with Gasteiger partial charge in [-0.25, -0.2) is 4.98 Å². The minimum absolute atomic E-state index is 0.475.